The third kappa shape index (κ3) is 15.5. The number of carbonyl (C=O) groups is 1. The molecule has 0 heterocycles. The summed E-state index contributed by atoms with van der Waals surface area (Å²) in [7, 11) is 0. The molecule has 0 aliphatic carbocycles. The SMILES string of the molecule is CC(C)(C)CCCCCC(=O)O.[Dy]. The Morgan fingerprint density at radius 3 is 2.08 bits per heavy atom. The van der Waals surface area contributed by atoms with Gasteiger partial charge in [0.15, 0.2) is 0 Å². The molecule has 0 amide bonds. The van der Waals surface area contributed by atoms with Gasteiger partial charge in [0.05, 0.1) is 0 Å². The number of unbranched alkanes of at least 4 members (excludes halogenated alkanes) is 2. The number of hydrogen-bond donors (Lipinski definition) is 1. The van der Waals surface area contributed by atoms with Crippen LogP contribution >= 0.6 is 0 Å². The summed E-state index contributed by atoms with van der Waals surface area (Å²) in [4.78, 5) is 10.2. The van der Waals surface area contributed by atoms with Crippen LogP contribution in [0.5, 0.6) is 0 Å². The smallest absolute Gasteiger partial charge is 0.303 e. The molecule has 0 aromatic heterocycles. The molecule has 2 nitrogen and oxygen atoms in total. The molecule has 0 bridgehead atoms. The number of hydrogen-bond acceptors (Lipinski definition) is 1. The first-order chi connectivity index (χ1) is 5.42. The largest absolute Gasteiger partial charge is 0.481 e. The average molecular weight is 335 g/mol. The molecule has 0 saturated carbocycles. The van der Waals surface area contributed by atoms with Crippen LogP contribution < -0.4 is 0 Å². The summed E-state index contributed by atoms with van der Waals surface area (Å²) >= 11 is 0. The van der Waals surface area contributed by atoms with Crippen molar-refractivity contribution in [2.75, 3.05) is 0 Å². The second kappa shape index (κ2) is 8.08. The van der Waals surface area contributed by atoms with Crippen LogP contribution in [0.3, 0.4) is 0 Å². The second-order valence-electron chi connectivity index (χ2n) is 4.52. The van der Waals surface area contributed by atoms with Gasteiger partial charge < -0.3 is 5.11 Å². The van der Waals surface area contributed by atoms with Crippen molar-refractivity contribution in [3.8, 4) is 0 Å². The standard InChI is InChI=1S/C10H20O2.Dy/c1-10(2,3)8-6-4-5-7-9(11)12;/h4-8H2,1-3H3,(H,11,12);. The maximum Gasteiger partial charge on any atom is 0.303 e. The van der Waals surface area contributed by atoms with E-state index in [9.17, 15) is 4.79 Å². The predicted octanol–water partition coefficient (Wildman–Crippen LogP) is 3.07. The minimum Gasteiger partial charge on any atom is -0.481 e. The predicted molar refractivity (Wildman–Crippen MR) is 50.2 cm³/mol. The first-order valence-electron chi connectivity index (χ1n) is 4.63. The third-order valence-corrected chi connectivity index (χ3v) is 1.82. The first-order valence-corrected chi connectivity index (χ1v) is 4.63. The van der Waals surface area contributed by atoms with Crippen LogP contribution in [0.15, 0.2) is 0 Å². The van der Waals surface area contributed by atoms with E-state index >= 15 is 0 Å². The summed E-state index contributed by atoms with van der Waals surface area (Å²) in [5.41, 5.74) is 0.392. The van der Waals surface area contributed by atoms with E-state index in [4.69, 9.17) is 5.11 Å². The topological polar surface area (TPSA) is 37.3 Å². The van der Waals surface area contributed by atoms with Gasteiger partial charge in [0, 0.05) is 44.6 Å². The van der Waals surface area contributed by atoms with Gasteiger partial charge in [-0.25, -0.2) is 0 Å². The molecule has 0 unspecified atom stereocenters. The molecule has 13 heavy (non-hydrogen) atoms. The van der Waals surface area contributed by atoms with E-state index in [0.29, 0.717) is 11.8 Å². The number of carboxylic acid groups (broad SMARTS) is 1. The normalized spacial score (nSPS) is 10.7. The fourth-order valence-electron chi connectivity index (χ4n) is 1.11. The minimum absolute atomic E-state index is 0. The maximum absolute atomic E-state index is 10.2. The Morgan fingerprint density at radius 2 is 1.69 bits per heavy atom. The van der Waals surface area contributed by atoms with Crippen LogP contribution in [0.2, 0.25) is 0 Å². The summed E-state index contributed by atoms with van der Waals surface area (Å²) in [6.07, 6.45) is 4.53. The van der Waals surface area contributed by atoms with Crippen LogP contribution in [0.25, 0.3) is 0 Å². The molecule has 0 fully saturated rings. The maximum atomic E-state index is 10.2. The van der Waals surface area contributed by atoms with Gasteiger partial charge >= 0.3 is 5.97 Å². The molecule has 0 aliphatic rings. The number of rotatable bonds is 5. The van der Waals surface area contributed by atoms with Gasteiger partial charge in [-0.05, 0) is 18.3 Å². The Bertz CT molecular complexity index is 138. The fourth-order valence-corrected chi connectivity index (χ4v) is 1.11. The van der Waals surface area contributed by atoms with Gasteiger partial charge in [0.25, 0.3) is 0 Å². The van der Waals surface area contributed by atoms with Gasteiger partial charge in [-0.15, -0.1) is 0 Å². The third-order valence-electron chi connectivity index (χ3n) is 1.82. The summed E-state index contributed by atoms with van der Waals surface area (Å²) < 4.78 is 0. The van der Waals surface area contributed by atoms with E-state index in [-0.39, 0.29) is 38.2 Å². The zero-order valence-corrected chi connectivity index (χ0v) is 10.7. The van der Waals surface area contributed by atoms with Crippen molar-refractivity contribution in [1.29, 1.82) is 0 Å². The zero-order valence-electron chi connectivity index (χ0n) is 8.71. The van der Waals surface area contributed by atoms with Crippen LogP contribution in [0.4, 0.5) is 0 Å². The van der Waals surface area contributed by atoms with E-state index in [1.807, 2.05) is 0 Å². The Labute approximate surface area is 112 Å². The van der Waals surface area contributed by atoms with Crippen molar-refractivity contribution in [3.05, 3.63) is 0 Å². The summed E-state index contributed by atoms with van der Waals surface area (Å²) in [6, 6.07) is 0. The molecule has 0 radical (unpaired) electrons. The van der Waals surface area contributed by atoms with Crippen LogP contribution in [0, 0.1) is 43.6 Å². The van der Waals surface area contributed by atoms with E-state index < -0.39 is 5.97 Å². The zero-order chi connectivity index (χ0) is 9.61. The monoisotopic (exact) mass is 336 g/mol. The van der Waals surface area contributed by atoms with Gasteiger partial charge in [0.2, 0.25) is 0 Å². The van der Waals surface area contributed by atoms with Crippen LogP contribution in [-0.4, -0.2) is 11.1 Å². The Hall–Kier alpha value is 0.743. The molecule has 3 heteroatoms. The molecule has 0 aromatic rings. The van der Waals surface area contributed by atoms with Gasteiger partial charge in [-0.3, -0.25) is 4.79 Å². The molecule has 0 saturated heterocycles. The van der Waals surface area contributed by atoms with Gasteiger partial charge in [-0.1, -0.05) is 33.6 Å². The van der Waals surface area contributed by atoms with Crippen molar-refractivity contribution in [2.24, 2.45) is 5.41 Å². The molecular weight excluding hydrogens is 315 g/mol. The van der Waals surface area contributed by atoms with E-state index in [1.54, 1.807) is 0 Å². The molecule has 82 valence electrons. The Balaban J connectivity index is 0. The van der Waals surface area contributed by atoms with Gasteiger partial charge in [-0.2, -0.15) is 0 Å². The average Bonchev–Trinajstić information content (AvgIpc) is 1.83. The second-order valence-corrected chi connectivity index (χ2v) is 4.52. The molecule has 0 aromatic carbocycles. The van der Waals surface area contributed by atoms with Crippen LogP contribution in [0.1, 0.15) is 52.9 Å². The molecule has 0 atom stereocenters. The molecule has 1 N–H and O–H groups in total. The van der Waals surface area contributed by atoms with Crippen LogP contribution in [-0.2, 0) is 4.79 Å². The van der Waals surface area contributed by atoms with Crippen molar-refractivity contribution >= 4 is 5.97 Å². The molecule has 0 spiro atoms. The molecular formula is C10H20DyO2. The minimum atomic E-state index is -0.675. The quantitative estimate of drug-likeness (QED) is 0.785. The number of carboxylic acids is 1. The summed E-state index contributed by atoms with van der Waals surface area (Å²) in [6.45, 7) is 6.64. The Morgan fingerprint density at radius 1 is 1.15 bits per heavy atom. The number of aliphatic carboxylic acids is 1. The summed E-state index contributed by atoms with van der Waals surface area (Å²) in [5, 5.41) is 8.37. The Kier molecular flexibility index (Phi) is 10.1. The van der Waals surface area contributed by atoms with Crippen molar-refractivity contribution in [2.45, 2.75) is 52.9 Å². The van der Waals surface area contributed by atoms with Gasteiger partial charge in [0.1, 0.15) is 0 Å². The van der Waals surface area contributed by atoms with Crippen molar-refractivity contribution in [1.82, 2.24) is 0 Å². The van der Waals surface area contributed by atoms with Crippen molar-refractivity contribution < 1.29 is 48.1 Å². The fraction of sp³-hybridized carbons (Fsp3) is 0.900. The van der Waals surface area contributed by atoms with E-state index in [1.165, 1.54) is 6.42 Å². The van der Waals surface area contributed by atoms with Crippen molar-refractivity contribution in [3.63, 3.8) is 0 Å². The van der Waals surface area contributed by atoms with E-state index in [0.717, 1.165) is 19.3 Å². The molecule has 0 aliphatic heterocycles. The van der Waals surface area contributed by atoms with E-state index in [2.05, 4.69) is 20.8 Å². The first kappa shape index (κ1) is 16.2. The molecule has 0 rings (SSSR count). The summed E-state index contributed by atoms with van der Waals surface area (Å²) in [5.74, 6) is -0.675.